The molecular weight excluding hydrogens is 250 g/mol. The number of benzene rings is 1. The first-order valence-corrected chi connectivity index (χ1v) is 7.33. The molecule has 1 aromatic carbocycles. The van der Waals surface area contributed by atoms with Gasteiger partial charge in [-0.2, -0.15) is 0 Å². The zero-order valence-electron chi connectivity index (χ0n) is 13.7. The monoisotopic (exact) mass is 279 g/mol. The number of nitrogens with one attached hydrogen (secondary N) is 1. The molecule has 0 aromatic heterocycles. The predicted molar refractivity (Wildman–Crippen MR) is 84.1 cm³/mol. The van der Waals surface area contributed by atoms with E-state index in [1.165, 1.54) is 11.1 Å². The van der Waals surface area contributed by atoms with Gasteiger partial charge in [0.1, 0.15) is 0 Å². The summed E-state index contributed by atoms with van der Waals surface area (Å²) in [6.45, 7) is 11.6. The lowest BCUT2D eigenvalue weighted by atomic mass is 10.0. The van der Waals surface area contributed by atoms with Crippen molar-refractivity contribution in [3.63, 3.8) is 0 Å². The number of likely N-dealkylation sites (N-methyl/N-ethyl adjacent to an activating group) is 1. The topological polar surface area (TPSA) is 30.5 Å². The molecule has 2 unspecified atom stereocenters. The summed E-state index contributed by atoms with van der Waals surface area (Å²) in [4.78, 5) is 0. The zero-order valence-corrected chi connectivity index (χ0v) is 13.7. The molecule has 1 rings (SSSR count). The first kappa shape index (κ1) is 17.2. The third-order valence-corrected chi connectivity index (χ3v) is 3.22. The molecule has 114 valence electrons. The largest absolute Gasteiger partial charge is 0.374 e. The van der Waals surface area contributed by atoms with Crippen molar-refractivity contribution in [2.45, 2.75) is 52.4 Å². The fourth-order valence-electron chi connectivity index (χ4n) is 2.12. The molecule has 0 fully saturated rings. The van der Waals surface area contributed by atoms with E-state index in [0.717, 1.165) is 0 Å². The molecule has 0 bridgehead atoms. The second kappa shape index (κ2) is 7.77. The molecule has 0 aliphatic carbocycles. The molecule has 3 nitrogen and oxygen atoms in total. The summed E-state index contributed by atoms with van der Waals surface area (Å²) >= 11 is 0. The van der Waals surface area contributed by atoms with E-state index < -0.39 is 0 Å². The number of hydrogen-bond acceptors (Lipinski definition) is 3. The van der Waals surface area contributed by atoms with Crippen LogP contribution in [-0.2, 0) is 9.47 Å². The van der Waals surface area contributed by atoms with Gasteiger partial charge in [-0.3, -0.25) is 0 Å². The molecule has 0 saturated heterocycles. The van der Waals surface area contributed by atoms with Crippen LogP contribution in [-0.4, -0.2) is 32.0 Å². The van der Waals surface area contributed by atoms with Crippen LogP contribution in [0.4, 0.5) is 0 Å². The van der Waals surface area contributed by atoms with Crippen LogP contribution in [0, 0.1) is 6.92 Å². The molecule has 0 saturated carbocycles. The normalized spacial score (nSPS) is 15.1. The van der Waals surface area contributed by atoms with Gasteiger partial charge in [-0.15, -0.1) is 0 Å². The molecular formula is C17H29NO2. The molecule has 0 amide bonds. The highest BCUT2D eigenvalue weighted by Crippen LogP contribution is 2.19. The maximum atomic E-state index is 5.89. The quantitative estimate of drug-likeness (QED) is 0.775. The summed E-state index contributed by atoms with van der Waals surface area (Å²) in [6, 6.07) is 8.78. The summed E-state index contributed by atoms with van der Waals surface area (Å²) in [6.07, 6.45) is 0.103. The Bertz CT molecular complexity index is 381. The van der Waals surface area contributed by atoms with Crippen molar-refractivity contribution in [3.05, 3.63) is 35.4 Å². The van der Waals surface area contributed by atoms with Crippen molar-refractivity contribution in [2.75, 3.05) is 20.3 Å². The number of ether oxygens (including phenoxy) is 2. The van der Waals surface area contributed by atoms with Gasteiger partial charge in [-0.1, -0.05) is 29.8 Å². The van der Waals surface area contributed by atoms with Crippen LogP contribution >= 0.6 is 0 Å². The average Bonchev–Trinajstić information content (AvgIpc) is 2.37. The smallest absolute Gasteiger partial charge is 0.0742 e. The third-order valence-electron chi connectivity index (χ3n) is 3.22. The third kappa shape index (κ3) is 6.04. The Kier molecular flexibility index (Phi) is 6.66. The predicted octanol–water partition coefficient (Wildman–Crippen LogP) is 3.48. The summed E-state index contributed by atoms with van der Waals surface area (Å²) in [5.74, 6) is 0. The van der Waals surface area contributed by atoms with Crippen molar-refractivity contribution in [2.24, 2.45) is 0 Å². The van der Waals surface area contributed by atoms with E-state index in [1.54, 1.807) is 0 Å². The van der Waals surface area contributed by atoms with Crippen molar-refractivity contribution < 1.29 is 9.47 Å². The van der Waals surface area contributed by atoms with Crippen molar-refractivity contribution in [3.8, 4) is 0 Å². The lowest BCUT2D eigenvalue weighted by Gasteiger charge is -2.25. The maximum Gasteiger partial charge on any atom is 0.0742 e. The lowest BCUT2D eigenvalue weighted by molar-refractivity contribution is -0.0542. The minimum Gasteiger partial charge on any atom is -0.374 e. The minimum absolute atomic E-state index is 0.103. The van der Waals surface area contributed by atoms with Gasteiger partial charge in [0.25, 0.3) is 0 Å². The molecule has 1 aromatic rings. The molecule has 0 aliphatic rings. The van der Waals surface area contributed by atoms with Gasteiger partial charge < -0.3 is 14.8 Å². The van der Waals surface area contributed by atoms with Gasteiger partial charge in [0, 0.05) is 0 Å². The molecule has 0 spiro atoms. The summed E-state index contributed by atoms with van der Waals surface area (Å²) in [5.41, 5.74) is 2.42. The van der Waals surface area contributed by atoms with Gasteiger partial charge in [-0.25, -0.2) is 0 Å². The van der Waals surface area contributed by atoms with E-state index in [4.69, 9.17) is 9.47 Å². The zero-order chi connectivity index (χ0) is 15.2. The number of aryl methyl sites for hydroxylation is 1. The van der Waals surface area contributed by atoms with Crippen LogP contribution in [0.25, 0.3) is 0 Å². The maximum absolute atomic E-state index is 5.89. The number of hydrogen-bond donors (Lipinski definition) is 1. The van der Waals surface area contributed by atoms with E-state index in [0.29, 0.717) is 13.2 Å². The fourth-order valence-corrected chi connectivity index (χ4v) is 2.12. The summed E-state index contributed by atoms with van der Waals surface area (Å²) < 4.78 is 11.6. The van der Waals surface area contributed by atoms with E-state index in [2.05, 4.69) is 64.2 Å². The van der Waals surface area contributed by atoms with E-state index in [1.807, 2.05) is 7.05 Å². The molecule has 3 heteroatoms. The Hall–Kier alpha value is -0.900. The first-order chi connectivity index (χ1) is 9.33. The summed E-state index contributed by atoms with van der Waals surface area (Å²) in [7, 11) is 1.97. The van der Waals surface area contributed by atoms with E-state index >= 15 is 0 Å². The molecule has 2 atom stereocenters. The minimum atomic E-state index is -0.105. The second-order valence-electron chi connectivity index (χ2n) is 6.21. The Morgan fingerprint density at radius 3 is 2.20 bits per heavy atom. The Morgan fingerprint density at radius 1 is 1.10 bits per heavy atom. The Morgan fingerprint density at radius 2 is 1.70 bits per heavy atom. The van der Waals surface area contributed by atoms with Gasteiger partial charge in [0.15, 0.2) is 0 Å². The SMILES string of the molecule is CNC(c1ccc(C)cc1)C(C)OCCOC(C)(C)C. The highest BCUT2D eigenvalue weighted by Gasteiger charge is 2.18. The molecule has 20 heavy (non-hydrogen) atoms. The van der Waals surface area contributed by atoms with Gasteiger partial charge in [-0.05, 0) is 47.2 Å². The number of rotatable bonds is 7. The van der Waals surface area contributed by atoms with E-state index in [-0.39, 0.29) is 17.7 Å². The molecule has 1 N–H and O–H groups in total. The van der Waals surface area contributed by atoms with Crippen LogP contribution in [0.2, 0.25) is 0 Å². The van der Waals surface area contributed by atoms with Gasteiger partial charge in [0.05, 0.1) is 31.0 Å². The summed E-state index contributed by atoms with van der Waals surface area (Å²) in [5, 5.41) is 3.33. The molecule has 0 heterocycles. The second-order valence-corrected chi connectivity index (χ2v) is 6.21. The van der Waals surface area contributed by atoms with Crippen molar-refractivity contribution in [1.82, 2.24) is 5.32 Å². The lowest BCUT2D eigenvalue weighted by Crippen LogP contribution is -2.31. The molecule has 0 radical (unpaired) electrons. The Balaban J connectivity index is 2.47. The van der Waals surface area contributed by atoms with Crippen LogP contribution in [0.15, 0.2) is 24.3 Å². The van der Waals surface area contributed by atoms with Gasteiger partial charge in [0.2, 0.25) is 0 Å². The van der Waals surface area contributed by atoms with Crippen LogP contribution in [0.3, 0.4) is 0 Å². The van der Waals surface area contributed by atoms with Crippen LogP contribution in [0.1, 0.15) is 44.9 Å². The highest BCUT2D eigenvalue weighted by atomic mass is 16.5. The molecule has 0 aliphatic heterocycles. The van der Waals surface area contributed by atoms with Crippen LogP contribution in [0.5, 0.6) is 0 Å². The average molecular weight is 279 g/mol. The standard InChI is InChI=1S/C17H29NO2/c1-13-7-9-15(10-8-13)16(18-6)14(2)19-11-12-20-17(3,4)5/h7-10,14,16,18H,11-12H2,1-6H3. The first-order valence-electron chi connectivity index (χ1n) is 7.33. The fraction of sp³-hybridized carbons (Fsp3) is 0.647. The highest BCUT2D eigenvalue weighted by molar-refractivity contribution is 5.24. The Labute approximate surface area is 123 Å². The van der Waals surface area contributed by atoms with Crippen molar-refractivity contribution in [1.29, 1.82) is 0 Å². The van der Waals surface area contributed by atoms with E-state index in [9.17, 15) is 0 Å². The van der Waals surface area contributed by atoms with Crippen LogP contribution < -0.4 is 5.32 Å². The van der Waals surface area contributed by atoms with Crippen molar-refractivity contribution >= 4 is 0 Å². The van der Waals surface area contributed by atoms with Gasteiger partial charge >= 0.3 is 0 Å².